The molecule has 62 heavy (non-hydrogen) atoms. The number of hydrogen-bond acceptors (Lipinski definition) is 16. The molecule has 0 aliphatic heterocycles. The Hall–Kier alpha value is -7.12. The van der Waals surface area contributed by atoms with Crippen LogP contribution in [0.15, 0.2) is 107 Å². The van der Waals surface area contributed by atoms with Crippen LogP contribution >= 0.6 is 0 Å². The Kier molecular flexibility index (Phi) is 14.5. The highest BCUT2D eigenvalue weighted by Gasteiger charge is 2.18. The van der Waals surface area contributed by atoms with Crippen molar-refractivity contribution in [1.29, 1.82) is 0 Å². The summed E-state index contributed by atoms with van der Waals surface area (Å²) in [7, 11) is 3.17. The van der Waals surface area contributed by atoms with Gasteiger partial charge < -0.3 is 49.2 Å². The molecule has 0 unspecified atom stereocenters. The number of ketones is 2. The number of nitrogens with one attached hydrogen (secondary N) is 2. The first-order chi connectivity index (χ1) is 30.3. The lowest BCUT2D eigenvalue weighted by molar-refractivity contribution is 0.0885. The van der Waals surface area contributed by atoms with Gasteiger partial charge in [-0.3, -0.25) is 9.59 Å². The number of oxazole rings is 2. The number of aromatic nitrogens is 8. The van der Waals surface area contributed by atoms with Gasteiger partial charge in [0.1, 0.15) is 24.2 Å². The number of benzene rings is 2. The molecule has 18 nitrogen and oxygen atoms in total. The predicted molar refractivity (Wildman–Crippen MR) is 227 cm³/mol. The fraction of sp³-hybridized carbons (Fsp3) is 0.273. The number of methoxy groups -OCH3 is 2. The minimum absolute atomic E-state index is 0.124. The first-order valence-electron chi connectivity index (χ1n) is 19.8. The molecule has 18 heteroatoms. The molecule has 0 spiro atoms. The molecule has 0 bridgehead atoms. The van der Waals surface area contributed by atoms with Crippen molar-refractivity contribution >= 4 is 33.4 Å². The molecule has 6 aromatic heterocycles. The lowest BCUT2D eigenvalue weighted by Crippen LogP contribution is -2.19. The molecule has 8 aromatic rings. The van der Waals surface area contributed by atoms with Gasteiger partial charge in [0.25, 0.3) is 11.8 Å². The fourth-order valence-corrected chi connectivity index (χ4v) is 6.40. The Morgan fingerprint density at radius 3 is 1.48 bits per heavy atom. The number of carbonyl (C=O) groups is 2. The molecule has 0 aliphatic carbocycles. The van der Waals surface area contributed by atoms with Crippen LogP contribution in [0, 0.1) is 0 Å². The van der Waals surface area contributed by atoms with Crippen LogP contribution in [0.25, 0.3) is 44.3 Å². The number of H-pyrrole nitrogens is 2. The number of pyridine rings is 2. The van der Waals surface area contributed by atoms with Gasteiger partial charge in [-0.05, 0) is 37.1 Å². The number of para-hydroxylation sites is 2. The highest BCUT2D eigenvalue weighted by atomic mass is 16.5. The summed E-state index contributed by atoms with van der Waals surface area (Å²) in [5.41, 5.74) is 17.3. The zero-order chi connectivity index (χ0) is 43.3. The summed E-state index contributed by atoms with van der Waals surface area (Å²) < 4.78 is 32.1. The average Bonchev–Trinajstić information content (AvgIpc) is 4.16. The van der Waals surface area contributed by atoms with E-state index in [4.69, 9.17) is 39.2 Å². The summed E-state index contributed by atoms with van der Waals surface area (Å²) >= 11 is 0. The number of imidazole rings is 2. The second-order valence-corrected chi connectivity index (χ2v) is 13.9. The third-order valence-electron chi connectivity index (χ3n) is 9.56. The molecule has 6 N–H and O–H groups in total. The molecule has 0 saturated heterocycles. The van der Waals surface area contributed by atoms with Crippen molar-refractivity contribution < 1.29 is 37.4 Å². The lowest BCUT2D eigenvalue weighted by Gasteiger charge is -2.10. The number of hydrogen-bond donors (Lipinski definition) is 4. The standard InChI is InChI=1S/2C22H23N5O4/c2*1-29-21-15(11-14-5-2-3-6-17(14)27-21)18-12-25-20(26-18)16(23)13-30-9-4-7-19(28)22-24-8-10-31-22/h2*2-3,5-6,8,10-12,16H,4,7,9,13,23H2,1H3,(H,25,26)/t2*16-/m10/s1. The summed E-state index contributed by atoms with van der Waals surface area (Å²) in [5, 5.41) is 2.00. The van der Waals surface area contributed by atoms with Crippen molar-refractivity contribution in [3.05, 3.63) is 121 Å². The van der Waals surface area contributed by atoms with E-state index in [9.17, 15) is 9.59 Å². The SMILES string of the molecule is COc1nc2ccccc2cc1-c1cnc([C@@H](N)COCCCC(=O)c2ncco2)[nH]1.COc1nc2ccccc2cc1-c1cnc([C@H](N)COCCCC(=O)c2ncco2)[nH]1. The largest absolute Gasteiger partial charge is 0.480 e. The molecule has 2 atom stereocenters. The third kappa shape index (κ3) is 10.8. The van der Waals surface area contributed by atoms with E-state index in [0.29, 0.717) is 62.3 Å². The molecular weight excluding hydrogens is 797 g/mol. The second kappa shape index (κ2) is 20.9. The maximum atomic E-state index is 11.8. The topological polar surface area (TPSA) is 258 Å². The molecule has 0 amide bonds. The highest BCUT2D eigenvalue weighted by Crippen LogP contribution is 2.32. The van der Waals surface area contributed by atoms with Gasteiger partial charge in [0.2, 0.25) is 23.3 Å². The van der Waals surface area contributed by atoms with E-state index in [0.717, 1.165) is 44.3 Å². The van der Waals surface area contributed by atoms with E-state index in [1.807, 2.05) is 60.7 Å². The van der Waals surface area contributed by atoms with E-state index in [1.165, 1.54) is 24.9 Å². The molecule has 0 fully saturated rings. The van der Waals surface area contributed by atoms with Crippen molar-refractivity contribution in [2.24, 2.45) is 11.5 Å². The van der Waals surface area contributed by atoms with Gasteiger partial charge in [-0.1, -0.05) is 36.4 Å². The second-order valence-electron chi connectivity index (χ2n) is 13.9. The van der Waals surface area contributed by atoms with E-state index in [1.54, 1.807) is 26.6 Å². The van der Waals surface area contributed by atoms with Crippen molar-refractivity contribution in [3.63, 3.8) is 0 Å². The van der Waals surface area contributed by atoms with Crippen LogP contribution in [0.3, 0.4) is 0 Å². The number of Topliss-reactive ketones (excluding diaryl/α,β-unsaturated/α-hetero) is 2. The summed E-state index contributed by atoms with van der Waals surface area (Å²) in [6, 6.07) is 18.8. The maximum absolute atomic E-state index is 11.8. The Balaban J connectivity index is 0.000000186. The minimum atomic E-state index is -0.435. The van der Waals surface area contributed by atoms with Crippen molar-refractivity contribution in [2.45, 2.75) is 37.8 Å². The third-order valence-corrected chi connectivity index (χ3v) is 9.56. The number of carbonyl (C=O) groups excluding carboxylic acids is 2. The fourth-order valence-electron chi connectivity index (χ4n) is 6.40. The van der Waals surface area contributed by atoms with Gasteiger partial charge in [-0.2, -0.15) is 0 Å². The van der Waals surface area contributed by atoms with Crippen LogP contribution < -0.4 is 20.9 Å². The molecule has 2 aromatic carbocycles. The van der Waals surface area contributed by atoms with Crippen LogP contribution in [-0.2, 0) is 9.47 Å². The zero-order valence-corrected chi connectivity index (χ0v) is 34.2. The normalized spacial score (nSPS) is 12.2. The van der Waals surface area contributed by atoms with Gasteiger partial charge >= 0.3 is 0 Å². The first kappa shape index (κ1) is 43.0. The Morgan fingerprint density at radius 2 is 1.08 bits per heavy atom. The van der Waals surface area contributed by atoms with E-state index >= 15 is 0 Å². The average molecular weight is 843 g/mol. The molecule has 0 radical (unpaired) electrons. The van der Waals surface area contributed by atoms with Crippen LogP contribution in [-0.4, -0.2) is 92.1 Å². The molecule has 0 saturated carbocycles. The molecule has 8 rings (SSSR count). The van der Waals surface area contributed by atoms with Crippen molar-refractivity contribution in [3.8, 4) is 34.3 Å². The minimum Gasteiger partial charge on any atom is -0.480 e. The van der Waals surface area contributed by atoms with Crippen LogP contribution in [0.2, 0.25) is 0 Å². The number of nitrogens with two attached hydrogens (primary N) is 2. The number of nitrogens with zero attached hydrogens (tertiary/aromatic N) is 6. The number of aromatic amines is 2. The zero-order valence-electron chi connectivity index (χ0n) is 34.2. The molecule has 0 aliphatic rings. The van der Waals surface area contributed by atoms with Crippen molar-refractivity contribution in [2.75, 3.05) is 40.6 Å². The summed E-state index contributed by atoms with van der Waals surface area (Å²) in [6.07, 6.45) is 10.8. The van der Waals surface area contributed by atoms with Gasteiger partial charge in [0.15, 0.2) is 0 Å². The van der Waals surface area contributed by atoms with Crippen LogP contribution in [0.5, 0.6) is 11.8 Å². The van der Waals surface area contributed by atoms with Gasteiger partial charge in [-0.15, -0.1) is 0 Å². The number of rotatable bonds is 20. The monoisotopic (exact) mass is 842 g/mol. The highest BCUT2D eigenvalue weighted by molar-refractivity contribution is 5.92. The molecule has 6 heterocycles. The maximum Gasteiger partial charge on any atom is 0.263 e. The van der Waals surface area contributed by atoms with E-state index < -0.39 is 12.1 Å². The Bertz CT molecular complexity index is 2500. The summed E-state index contributed by atoms with van der Waals surface area (Å²) in [6.45, 7) is 1.34. The smallest absolute Gasteiger partial charge is 0.263 e. The molecule has 320 valence electrons. The van der Waals surface area contributed by atoms with Gasteiger partial charge in [0.05, 0.1) is 97.9 Å². The Labute approximate surface area is 355 Å². The quantitative estimate of drug-likeness (QED) is 0.0465. The number of fused-ring (bicyclic) bond motifs is 2. The van der Waals surface area contributed by atoms with Crippen LogP contribution in [0.4, 0.5) is 0 Å². The first-order valence-corrected chi connectivity index (χ1v) is 19.8. The van der Waals surface area contributed by atoms with Gasteiger partial charge in [0, 0.05) is 36.8 Å². The summed E-state index contributed by atoms with van der Waals surface area (Å²) in [5.74, 6) is 2.17. The number of ether oxygens (including phenoxy) is 4. The van der Waals surface area contributed by atoms with E-state index in [2.05, 4.69) is 39.9 Å². The predicted octanol–water partition coefficient (Wildman–Crippen LogP) is 6.60. The van der Waals surface area contributed by atoms with Gasteiger partial charge in [-0.25, -0.2) is 29.9 Å². The molecular formula is C44H46N10O8. The van der Waals surface area contributed by atoms with E-state index in [-0.39, 0.29) is 36.6 Å². The van der Waals surface area contributed by atoms with Crippen molar-refractivity contribution in [1.82, 2.24) is 39.9 Å². The summed E-state index contributed by atoms with van der Waals surface area (Å²) in [4.78, 5) is 55.7. The Morgan fingerprint density at radius 1 is 0.645 bits per heavy atom. The van der Waals surface area contributed by atoms with Crippen LogP contribution in [0.1, 0.15) is 70.8 Å². The lowest BCUT2D eigenvalue weighted by atomic mass is 10.1.